The molecule has 9 heteroatoms. The van der Waals surface area contributed by atoms with E-state index in [0.29, 0.717) is 23.1 Å². The summed E-state index contributed by atoms with van der Waals surface area (Å²) in [7, 11) is -3.99. The summed E-state index contributed by atoms with van der Waals surface area (Å²) in [5.41, 5.74) is 3.43. The van der Waals surface area contributed by atoms with Crippen LogP contribution in [0.2, 0.25) is 5.02 Å². The number of hydrogen-bond acceptors (Lipinski definition) is 5. The first-order chi connectivity index (χ1) is 15.4. The number of halogens is 1. The zero-order chi connectivity index (χ0) is 23.0. The highest BCUT2D eigenvalue weighted by atomic mass is 35.5. The second kappa shape index (κ2) is 10.8. The van der Waals surface area contributed by atoms with Crippen LogP contribution in [0.4, 0.5) is 5.69 Å². The van der Waals surface area contributed by atoms with Gasteiger partial charge in [-0.2, -0.15) is 5.10 Å². The van der Waals surface area contributed by atoms with Crippen molar-refractivity contribution in [3.63, 3.8) is 0 Å². The first kappa shape index (κ1) is 23.3. The van der Waals surface area contributed by atoms with Crippen LogP contribution in [0.1, 0.15) is 12.5 Å². The Labute approximate surface area is 192 Å². The lowest BCUT2D eigenvalue weighted by Crippen LogP contribution is -2.39. The van der Waals surface area contributed by atoms with E-state index in [1.807, 2.05) is 6.92 Å². The summed E-state index contributed by atoms with van der Waals surface area (Å²) in [5.74, 6) is 0.00827. The lowest BCUT2D eigenvalue weighted by molar-refractivity contribution is -0.119. The van der Waals surface area contributed by atoms with E-state index in [2.05, 4.69) is 10.5 Å². The molecule has 3 aromatic carbocycles. The lowest BCUT2D eigenvalue weighted by Gasteiger charge is -2.24. The zero-order valence-corrected chi connectivity index (χ0v) is 18.9. The second-order valence-electron chi connectivity index (χ2n) is 6.60. The van der Waals surface area contributed by atoms with Crippen molar-refractivity contribution in [3.05, 3.63) is 89.4 Å². The lowest BCUT2D eigenvalue weighted by atomic mass is 10.2. The molecule has 0 aliphatic carbocycles. The third-order valence-corrected chi connectivity index (χ3v) is 6.37. The Morgan fingerprint density at radius 3 is 2.31 bits per heavy atom. The average molecular weight is 472 g/mol. The van der Waals surface area contributed by atoms with Gasteiger partial charge in [-0.25, -0.2) is 13.8 Å². The number of ether oxygens (including phenoxy) is 1. The number of nitrogens with one attached hydrogen (secondary N) is 1. The van der Waals surface area contributed by atoms with Crippen LogP contribution in [0, 0.1) is 0 Å². The third kappa shape index (κ3) is 6.09. The predicted molar refractivity (Wildman–Crippen MR) is 126 cm³/mol. The molecule has 0 aromatic heterocycles. The van der Waals surface area contributed by atoms with E-state index in [4.69, 9.17) is 16.3 Å². The van der Waals surface area contributed by atoms with Crippen molar-refractivity contribution >= 4 is 39.4 Å². The van der Waals surface area contributed by atoms with Gasteiger partial charge < -0.3 is 4.74 Å². The van der Waals surface area contributed by atoms with Crippen LogP contribution in [-0.2, 0) is 14.8 Å². The van der Waals surface area contributed by atoms with Crippen molar-refractivity contribution in [2.75, 3.05) is 17.5 Å². The molecular weight excluding hydrogens is 450 g/mol. The van der Waals surface area contributed by atoms with E-state index in [1.165, 1.54) is 18.3 Å². The fourth-order valence-electron chi connectivity index (χ4n) is 2.80. The minimum absolute atomic E-state index is 0.0753. The highest BCUT2D eigenvalue weighted by Crippen LogP contribution is 2.25. The molecule has 0 unspecified atom stereocenters. The van der Waals surface area contributed by atoms with Crippen LogP contribution < -0.4 is 14.5 Å². The van der Waals surface area contributed by atoms with Crippen LogP contribution in [0.3, 0.4) is 0 Å². The fourth-order valence-corrected chi connectivity index (χ4v) is 4.37. The number of benzene rings is 3. The van der Waals surface area contributed by atoms with Gasteiger partial charge in [0.15, 0.2) is 0 Å². The minimum Gasteiger partial charge on any atom is -0.494 e. The van der Waals surface area contributed by atoms with Crippen molar-refractivity contribution in [1.82, 2.24) is 5.43 Å². The molecule has 0 aliphatic heterocycles. The van der Waals surface area contributed by atoms with E-state index < -0.39 is 22.5 Å². The number of amides is 1. The molecule has 7 nitrogen and oxygen atoms in total. The summed E-state index contributed by atoms with van der Waals surface area (Å²) in [6.45, 7) is 1.89. The van der Waals surface area contributed by atoms with Gasteiger partial charge in [0.25, 0.3) is 15.9 Å². The number of sulfonamides is 1. The number of nitrogens with zero attached hydrogens (tertiary/aromatic N) is 2. The van der Waals surface area contributed by atoms with E-state index >= 15 is 0 Å². The van der Waals surface area contributed by atoms with E-state index in [9.17, 15) is 13.2 Å². The van der Waals surface area contributed by atoms with Crippen LogP contribution in [0.5, 0.6) is 5.75 Å². The molecule has 0 saturated heterocycles. The van der Waals surface area contributed by atoms with E-state index in [1.54, 1.807) is 66.7 Å². The topological polar surface area (TPSA) is 88.1 Å². The van der Waals surface area contributed by atoms with Crippen molar-refractivity contribution in [3.8, 4) is 5.75 Å². The van der Waals surface area contributed by atoms with Gasteiger partial charge in [-0.1, -0.05) is 41.9 Å². The summed E-state index contributed by atoms with van der Waals surface area (Å²) < 4.78 is 33.0. The molecule has 0 aliphatic rings. The quantitative estimate of drug-likeness (QED) is 0.376. The van der Waals surface area contributed by atoms with Gasteiger partial charge in [0, 0.05) is 5.02 Å². The molecule has 0 spiro atoms. The van der Waals surface area contributed by atoms with Crippen LogP contribution >= 0.6 is 11.6 Å². The number of hydrazone groups is 1. The van der Waals surface area contributed by atoms with Crippen molar-refractivity contribution < 1.29 is 17.9 Å². The smallest absolute Gasteiger partial charge is 0.264 e. The largest absolute Gasteiger partial charge is 0.494 e. The Bertz CT molecular complexity index is 1170. The highest BCUT2D eigenvalue weighted by molar-refractivity contribution is 7.92. The Balaban J connectivity index is 1.82. The molecule has 0 heterocycles. The monoisotopic (exact) mass is 471 g/mol. The first-order valence-corrected chi connectivity index (χ1v) is 11.6. The first-order valence-electron chi connectivity index (χ1n) is 9.78. The van der Waals surface area contributed by atoms with Crippen LogP contribution in [0.25, 0.3) is 0 Å². The molecule has 32 heavy (non-hydrogen) atoms. The molecular formula is C23H22ClN3O4S. The molecule has 1 N–H and O–H groups in total. The van der Waals surface area contributed by atoms with Gasteiger partial charge in [-0.05, 0) is 61.0 Å². The van der Waals surface area contributed by atoms with Gasteiger partial charge in [-0.15, -0.1) is 0 Å². The van der Waals surface area contributed by atoms with Crippen LogP contribution in [-0.4, -0.2) is 33.7 Å². The van der Waals surface area contributed by atoms with Gasteiger partial charge in [0.1, 0.15) is 12.3 Å². The van der Waals surface area contributed by atoms with Gasteiger partial charge in [0.05, 0.1) is 23.4 Å². The maximum absolute atomic E-state index is 13.3. The molecule has 0 atom stereocenters. The Hall–Kier alpha value is -3.36. The molecule has 0 fully saturated rings. The summed E-state index contributed by atoms with van der Waals surface area (Å²) in [4.78, 5) is 12.6. The van der Waals surface area contributed by atoms with Gasteiger partial charge in [0.2, 0.25) is 0 Å². The van der Waals surface area contributed by atoms with Gasteiger partial charge >= 0.3 is 0 Å². The van der Waals surface area contributed by atoms with E-state index in [0.717, 1.165) is 9.87 Å². The molecule has 3 aromatic rings. The number of carbonyl (C=O) groups excluding carboxylic acids is 1. The van der Waals surface area contributed by atoms with Crippen molar-refractivity contribution in [2.45, 2.75) is 11.8 Å². The summed E-state index contributed by atoms with van der Waals surface area (Å²) >= 11 is 5.85. The SMILES string of the molecule is CCOc1ccc(N(CC(=O)N/N=C\c2ccc(Cl)cc2)S(=O)(=O)c2ccccc2)cc1. The number of anilines is 1. The second-order valence-corrected chi connectivity index (χ2v) is 8.90. The molecule has 3 rings (SSSR count). The zero-order valence-electron chi connectivity index (χ0n) is 17.3. The van der Waals surface area contributed by atoms with E-state index in [-0.39, 0.29) is 4.90 Å². The molecule has 0 bridgehead atoms. The maximum atomic E-state index is 13.3. The average Bonchev–Trinajstić information content (AvgIpc) is 2.80. The van der Waals surface area contributed by atoms with Crippen molar-refractivity contribution in [1.29, 1.82) is 0 Å². The predicted octanol–water partition coefficient (Wildman–Crippen LogP) is 4.08. The Morgan fingerprint density at radius 1 is 1.03 bits per heavy atom. The third-order valence-electron chi connectivity index (χ3n) is 4.33. The normalized spacial score (nSPS) is 11.3. The van der Waals surface area contributed by atoms with Crippen LogP contribution in [0.15, 0.2) is 88.9 Å². The number of rotatable bonds is 9. The number of hydrogen-bond donors (Lipinski definition) is 1. The van der Waals surface area contributed by atoms with Gasteiger partial charge in [-0.3, -0.25) is 9.10 Å². The number of carbonyl (C=O) groups is 1. The summed E-state index contributed by atoms with van der Waals surface area (Å²) in [6, 6.07) is 21.3. The minimum atomic E-state index is -3.99. The molecule has 1 amide bonds. The Morgan fingerprint density at radius 2 is 1.69 bits per heavy atom. The maximum Gasteiger partial charge on any atom is 0.264 e. The summed E-state index contributed by atoms with van der Waals surface area (Å²) in [6.07, 6.45) is 1.45. The molecule has 0 saturated carbocycles. The highest BCUT2D eigenvalue weighted by Gasteiger charge is 2.27. The Kier molecular flexibility index (Phi) is 7.86. The van der Waals surface area contributed by atoms with Crippen molar-refractivity contribution in [2.24, 2.45) is 5.10 Å². The standard InChI is InChI=1S/C23H22ClN3O4S/c1-2-31-21-14-12-20(13-15-21)27(32(29,30)22-6-4-3-5-7-22)17-23(28)26-25-16-18-8-10-19(24)11-9-18/h3-16H,2,17H2,1H3,(H,26,28)/b25-16-. The fraction of sp³-hybridized carbons (Fsp3) is 0.130. The molecule has 166 valence electrons. The molecule has 0 radical (unpaired) electrons. The summed E-state index contributed by atoms with van der Waals surface area (Å²) in [5, 5.41) is 4.49.